The molecule has 11 heteroatoms. The highest BCUT2D eigenvalue weighted by atomic mass is 19.2. The molecule has 0 saturated carbocycles. The maximum Gasteiger partial charge on any atom is 0.324 e. The van der Waals surface area contributed by atoms with Gasteiger partial charge in [-0.15, -0.1) is 0 Å². The molecule has 2 aromatic heterocycles. The lowest BCUT2D eigenvalue weighted by atomic mass is 9.99. The molecule has 8 rings (SSSR count). The van der Waals surface area contributed by atoms with Gasteiger partial charge in [0.05, 0.1) is 5.52 Å². The Morgan fingerprint density at radius 2 is 1.84 bits per heavy atom. The normalized spacial score (nSPS) is 20.2. The molecule has 5 heterocycles. The molecule has 3 aromatic carbocycles. The fourth-order valence-corrected chi connectivity index (χ4v) is 6.89. The first kappa shape index (κ1) is 26.3. The number of halogens is 2. The molecular weight excluding hydrogens is 552 g/mol. The lowest BCUT2D eigenvalue weighted by Crippen LogP contribution is -2.51. The van der Waals surface area contributed by atoms with Gasteiger partial charge in [-0.3, -0.25) is 0 Å². The fourth-order valence-electron chi connectivity index (χ4n) is 6.89. The number of nitrogen functional groups attached to an aromatic ring is 1. The number of para-hydroxylation sites is 1. The molecule has 0 amide bonds. The Labute approximate surface area is 246 Å². The maximum absolute atomic E-state index is 14.6. The third-order valence-electron chi connectivity index (χ3n) is 8.95. The van der Waals surface area contributed by atoms with Crippen LogP contribution in [0.3, 0.4) is 0 Å². The Morgan fingerprint density at radius 3 is 2.67 bits per heavy atom. The Balaban J connectivity index is 1.26. The monoisotopic (exact) mass is 583 g/mol. The van der Waals surface area contributed by atoms with E-state index in [0.29, 0.717) is 23.2 Å². The molecule has 0 spiro atoms. The van der Waals surface area contributed by atoms with Gasteiger partial charge in [0, 0.05) is 55.6 Å². The van der Waals surface area contributed by atoms with Crippen molar-refractivity contribution in [2.75, 3.05) is 37.3 Å². The molecule has 2 saturated heterocycles. The van der Waals surface area contributed by atoms with Crippen LogP contribution in [0.15, 0.2) is 46.9 Å². The summed E-state index contributed by atoms with van der Waals surface area (Å²) in [5.41, 5.74) is 9.97. The molecule has 0 radical (unpaired) electrons. The van der Waals surface area contributed by atoms with Crippen LogP contribution in [0.2, 0.25) is 0 Å². The number of nitrogens with one attached hydrogen (secondary N) is 1. The lowest BCUT2D eigenvalue weighted by Gasteiger charge is -2.34. The number of ether oxygens (including phenoxy) is 1. The molecule has 2 bridgehead atoms. The van der Waals surface area contributed by atoms with Crippen molar-refractivity contribution in [3.8, 4) is 11.8 Å². The zero-order valence-electron chi connectivity index (χ0n) is 23.7. The van der Waals surface area contributed by atoms with E-state index in [9.17, 15) is 8.78 Å². The van der Waals surface area contributed by atoms with E-state index in [2.05, 4.69) is 33.2 Å². The number of fused-ring (bicyclic) bond motifs is 5. The van der Waals surface area contributed by atoms with Crippen molar-refractivity contribution in [1.82, 2.24) is 25.2 Å². The van der Waals surface area contributed by atoms with Gasteiger partial charge in [0.15, 0.2) is 11.4 Å². The van der Waals surface area contributed by atoms with Crippen molar-refractivity contribution < 1.29 is 17.9 Å². The van der Waals surface area contributed by atoms with E-state index in [-0.39, 0.29) is 29.5 Å². The van der Waals surface area contributed by atoms with E-state index in [1.54, 1.807) is 0 Å². The predicted molar refractivity (Wildman–Crippen MR) is 159 cm³/mol. The Morgan fingerprint density at radius 1 is 1.02 bits per heavy atom. The Bertz CT molecular complexity index is 1880. The minimum atomic E-state index is -1.11. The van der Waals surface area contributed by atoms with Crippen LogP contribution in [0.25, 0.3) is 22.0 Å². The molecular formula is C32H31F2N7O2. The van der Waals surface area contributed by atoms with Crippen LogP contribution in [0.1, 0.15) is 35.1 Å². The lowest BCUT2D eigenvalue weighted by molar-refractivity contribution is 0.304. The van der Waals surface area contributed by atoms with Crippen molar-refractivity contribution in [2.45, 2.75) is 44.3 Å². The van der Waals surface area contributed by atoms with Gasteiger partial charge < -0.3 is 30.0 Å². The number of hydrogen-bond acceptors (Lipinski definition) is 9. The largest absolute Gasteiger partial charge is 0.424 e. The first-order valence-electron chi connectivity index (χ1n) is 14.7. The van der Waals surface area contributed by atoms with Gasteiger partial charge in [0.2, 0.25) is 5.82 Å². The quantitative estimate of drug-likeness (QED) is 0.298. The highest BCUT2D eigenvalue weighted by Crippen LogP contribution is 2.36. The first-order valence-corrected chi connectivity index (χ1v) is 14.7. The molecule has 3 N–H and O–H groups in total. The van der Waals surface area contributed by atoms with Gasteiger partial charge in [-0.25, -0.2) is 4.39 Å². The molecule has 3 aliphatic rings. The zero-order valence-corrected chi connectivity index (χ0v) is 23.7. The number of aromatic nitrogens is 3. The second kappa shape index (κ2) is 10.1. The number of anilines is 2. The van der Waals surface area contributed by atoms with Crippen LogP contribution in [0.4, 0.5) is 20.6 Å². The standard InChI is InChI=1S/C32H31F2N7O2/c1-40-11-10-17-4-3-7-25(23(17)16-40)42-32-38-27-18(12-19-13-24(33)26(34)29-28(19)37-31(35)43-29)5-2-6-22(27)30(39-32)41-14-20-8-9-21(15-41)36-20/h2-7,13,20-21,36H,8-12,14-16H2,1H3,(H2,35,37). The minimum absolute atomic E-state index is 0.192. The molecule has 2 unspecified atom stereocenters. The third kappa shape index (κ3) is 4.63. The van der Waals surface area contributed by atoms with E-state index in [4.69, 9.17) is 24.9 Å². The summed E-state index contributed by atoms with van der Waals surface area (Å²) < 4.78 is 40.8. The molecule has 2 fully saturated rings. The third-order valence-corrected chi connectivity index (χ3v) is 8.95. The number of piperazine rings is 1. The van der Waals surface area contributed by atoms with E-state index < -0.39 is 11.6 Å². The molecule has 3 aliphatic heterocycles. The van der Waals surface area contributed by atoms with Gasteiger partial charge in [-0.05, 0) is 61.2 Å². The summed E-state index contributed by atoms with van der Waals surface area (Å²) in [5, 5.41) is 4.57. The minimum Gasteiger partial charge on any atom is -0.424 e. The fraction of sp³-hybridized carbons (Fsp3) is 0.344. The summed E-state index contributed by atoms with van der Waals surface area (Å²) in [5.74, 6) is -0.574. The van der Waals surface area contributed by atoms with Crippen LogP contribution < -0.4 is 20.7 Å². The number of nitrogens with zero attached hydrogens (tertiary/aromatic N) is 5. The van der Waals surface area contributed by atoms with Gasteiger partial charge in [0.25, 0.3) is 6.01 Å². The summed E-state index contributed by atoms with van der Waals surface area (Å²) in [7, 11) is 2.10. The van der Waals surface area contributed by atoms with Crippen LogP contribution in [-0.2, 0) is 19.4 Å². The van der Waals surface area contributed by atoms with E-state index in [1.807, 2.05) is 30.3 Å². The maximum atomic E-state index is 14.6. The summed E-state index contributed by atoms with van der Waals surface area (Å²) in [6.45, 7) is 3.45. The molecule has 2 atom stereocenters. The first-order chi connectivity index (χ1) is 20.9. The summed E-state index contributed by atoms with van der Waals surface area (Å²) in [4.78, 5) is 18.7. The van der Waals surface area contributed by atoms with Crippen molar-refractivity contribution >= 4 is 33.8 Å². The average Bonchev–Trinajstić information content (AvgIpc) is 3.56. The number of benzene rings is 3. The van der Waals surface area contributed by atoms with E-state index >= 15 is 0 Å². The second-order valence-electron chi connectivity index (χ2n) is 11.9. The van der Waals surface area contributed by atoms with Gasteiger partial charge >= 0.3 is 6.01 Å². The summed E-state index contributed by atoms with van der Waals surface area (Å²) >= 11 is 0. The molecule has 43 heavy (non-hydrogen) atoms. The Hall–Kier alpha value is -4.35. The zero-order chi connectivity index (χ0) is 29.2. The van der Waals surface area contributed by atoms with Crippen LogP contribution in [0, 0.1) is 11.6 Å². The van der Waals surface area contributed by atoms with Gasteiger partial charge in [-0.2, -0.15) is 19.3 Å². The number of likely N-dealkylation sites (N-methyl/N-ethyl adjacent to an activating group) is 1. The van der Waals surface area contributed by atoms with Crippen molar-refractivity contribution in [1.29, 1.82) is 0 Å². The highest BCUT2D eigenvalue weighted by Gasteiger charge is 2.34. The van der Waals surface area contributed by atoms with Crippen LogP contribution >= 0.6 is 0 Å². The predicted octanol–water partition coefficient (Wildman–Crippen LogP) is 4.94. The molecule has 5 aromatic rings. The van der Waals surface area contributed by atoms with Crippen molar-refractivity contribution in [2.24, 2.45) is 0 Å². The van der Waals surface area contributed by atoms with E-state index in [1.165, 1.54) is 5.56 Å². The number of rotatable bonds is 5. The van der Waals surface area contributed by atoms with Gasteiger partial charge in [0.1, 0.15) is 17.1 Å². The van der Waals surface area contributed by atoms with E-state index in [0.717, 1.165) is 79.6 Å². The second-order valence-corrected chi connectivity index (χ2v) is 11.9. The topological polar surface area (TPSA) is 106 Å². The van der Waals surface area contributed by atoms with Crippen LogP contribution in [0.5, 0.6) is 11.8 Å². The molecule has 9 nitrogen and oxygen atoms in total. The number of nitrogens with two attached hydrogens (primary N) is 1. The molecule has 0 aliphatic carbocycles. The Kier molecular flexibility index (Phi) is 6.19. The SMILES string of the molecule is CN1CCc2cccc(Oc3nc(N4CC5CCC(C4)N5)c4cccc(Cc5cc(F)c(F)c6oc(N)nc56)c4n3)c2C1. The smallest absolute Gasteiger partial charge is 0.324 e. The van der Waals surface area contributed by atoms with Crippen LogP contribution in [-0.4, -0.2) is 58.6 Å². The van der Waals surface area contributed by atoms with Gasteiger partial charge in [-0.1, -0.05) is 24.3 Å². The molecule has 220 valence electrons. The van der Waals surface area contributed by atoms with Crippen molar-refractivity contribution in [3.05, 3.63) is 76.4 Å². The number of hydrogen-bond donors (Lipinski definition) is 2. The summed E-state index contributed by atoms with van der Waals surface area (Å²) in [6, 6.07) is 14.0. The number of oxazole rings is 1. The van der Waals surface area contributed by atoms with Crippen molar-refractivity contribution in [3.63, 3.8) is 0 Å². The average molecular weight is 584 g/mol. The highest BCUT2D eigenvalue weighted by molar-refractivity contribution is 5.93. The summed E-state index contributed by atoms with van der Waals surface area (Å²) in [6.07, 6.45) is 3.45.